The summed E-state index contributed by atoms with van der Waals surface area (Å²) in [7, 11) is 0. The first-order chi connectivity index (χ1) is 12.1. The molecule has 6 heteroatoms. The summed E-state index contributed by atoms with van der Waals surface area (Å²) in [6, 6.07) is 9.49. The lowest BCUT2D eigenvalue weighted by molar-refractivity contribution is -0.127. The third kappa shape index (κ3) is 4.21. The highest BCUT2D eigenvalue weighted by atomic mass is 16.3. The van der Waals surface area contributed by atoms with E-state index in [1.54, 1.807) is 0 Å². The predicted octanol–water partition coefficient (Wildman–Crippen LogP) is 1.61. The molecule has 1 aliphatic rings. The lowest BCUT2D eigenvalue weighted by atomic mass is 10.1. The highest BCUT2D eigenvalue weighted by molar-refractivity contribution is 5.82. The molecule has 2 atom stereocenters. The van der Waals surface area contributed by atoms with Crippen molar-refractivity contribution in [3.05, 3.63) is 36.1 Å². The summed E-state index contributed by atoms with van der Waals surface area (Å²) in [5, 5.41) is 13.1. The van der Waals surface area contributed by atoms with Crippen molar-refractivity contribution in [2.75, 3.05) is 39.3 Å². The number of piperazine rings is 1. The lowest BCUT2D eigenvalue weighted by Gasteiger charge is -2.37. The number of aliphatic hydroxyl groups excluding tert-OH is 1. The standard InChI is InChI=1S/C19H27N3O3/c1-14(18-13-16-5-3-4-6-17(16)25-18)20-19(24)15(2)22-9-7-21(8-10-22)11-12-23/h3-6,13-15,23H,7-12H2,1-2H3,(H,20,24)/t14-,15-/m0/s1. The molecular formula is C19H27N3O3. The van der Waals surface area contributed by atoms with Crippen LogP contribution in [0.2, 0.25) is 0 Å². The Morgan fingerprint density at radius 2 is 1.96 bits per heavy atom. The van der Waals surface area contributed by atoms with Gasteiger partial charge in [-0.2, -0.15) is 0 Å². The maximum atomic E-state index is 12.6. The number of hydrogen-bond donors (Lipinski definition) is 2. The van der Waals surface area contributed by atoms with E-state index in [-0.39, 0.29) is 24.6 Å². The van der Waals surface area contributed by atoms with Gasteiger partial charge in [0.15, 0.2) is 0 Å². The van der Waals surface area contributed by atoms with E-state index in [9.17, 15) is 4.79 Å². The zero-order valence-electron chi connectivity index (χ0n) is 14.9. The molecule has 1 aliphatic heterocycles. The molecule has 1 fully saturated rings. The first-order valence-electron chi connectivity index (χ1n) is 8.94. The van der Waals surface area contributed by atoms with E-state index in [1.807, 2.05) is 44.2 Å². The number of hydrogen-bond acceptors (Lipinski definition) is 5. The average Bonchev–Trinajstić information content (AvgIpc) is 3.06. The molecule has 0 saturated carbocycles. The Balaban J connectivity index is 1.56. The van der Waals surface area contributed by atoms with E-state index >= 15 is 0 Å². The van der Waals surface area contributed by atoms with Crippen LogP contribution in [-0.2, 0) is 4.79 Å². The van der Waals surface area contributed by atoms with Crippen molar-refractivity contribution < 1.29 is 14.3 Å². The third-order valence-electron chi connectivity index (χ3n) is 4.98. The molecule has 2 aromatic rings. The SMILES string of the molecule is C[C@H](NC(=O)[C@H](C)N1CCN(CCO)CC1)c1cc2ccccc2o1. The van der Waals surface area contributed by atoms with Crippen LogP contribution in [0.1, 0.15) is 25.6 Å². The van der Waals surface area contributed by atoms with Gasteiger partial charge in [0.2, 0.25) is 5.91 Å². The van der Waals surface area contributed by atoms with E-state index < -0.39 is 0 Å². The predicted molar refractivity (Wildman–Crippen MR) is 97.3 cm³/mol. The van der Waals surface area contributed by atoms with Gasteiger partial charge in [-0.3, -0.25) is 14.6 Å². The van der Waals surface area contributed by atoms with Gasteiger partial charge in [-0.05, 0) is 26.0 Å². The highest BCUT2D eigenvalue weighted by Gasteiger charge is 2.26. The topological polar surface area (TPSA) is 69.0 Å². The van der Waals surface area contributed by atoms with Crippen LogP contribution >= 0.6 is 0 Å². The van der Waals surface area contributed by atoms with E-state index in [1.165, 1.54) is 0 Å². The molecule has 1 aromatic heterocycles. The Hall–Kier alpha value is -1.89. The van der Waals surface area contributed by atoms with Gasteiger partial charge in [0, 0.05) is 38.1 Å². The van der Waals surface area contributed by atoms with E-state index in [0.717, 1.165) is 42.9 Å². The molecule has 1 saturated heterocycles. The summed E-state index contributed by atoms with van der Waals surface area (Å²) < 4.78 is 5.84. The minimum Gasteiger partial charge on any atom is -0.459 e. The summed E-state index contributed by atoms with van der Waals surface area (Å²) in [5.41, 5.74) is 0.839. The first kappa shape index (κ1) is 17.9. The summed E-state index contributed by atoms with van der Waals surface area (Å²) in [4.78, 5) is 17.0. The monoisotopic (exact) mass is 345 g/mol. The number of benzene rings is 1. The maximum absolute atomic E-state index is 12.6. The van der Waals surface area contributed by atoms with Crippen molar-refractivity contribution in [1.29, 1.82) is 0 Å². The maximum Gasteiger partial charge on any atom is 0.237 e. The number of β-amino-alcohol motifs (C(OH)–C–C–N with tert-alkyl or cyclic N) is 1. The Kier molecular flexibility index (Phi) is 5.73. The molecule has 2 N–H and O–H groups in total. The molecule has 0 bridgehead atoms. The van der Waals surface area contributed by atoms with E-state index in [0.29, 0.717) is 6.54 Å². The molecule has 1 aromatic carbocycles. The van der Waals surface area contributed by atoms with Gasteiger partial charge in [-0.25, -0.2) is 0 Å². The van der Waals surface area contributed by atoms with Crippen molar-refractivity contribution in [2.24, 2.45) is 0 Å². The second-order valence-corrected chi connectivity index (χ2v) is 6.69. The quantitative estimate of drug-likeness (QED) is 0.832. The molecule has 2 heterocycles. The van der Waals surface area contributed by atoms with Crippen LogP contribution in [0.4, 0.5) is 0 Å². The zero-order chi connectivity index (χ0) is 17.8. The smallest absolute Gasteiger partial charge is 0.237 e. The number of nitrogens with zero attached hydrogens (tertiary/aromatic N) is 2. The van der Waals surface area contributed by atoms with Crippen molar-refractivity contribution in [3.8, 4) is 0 Å². The number of para-hydroxylation sites is 1. The van der Waals surface area contributed by atoms with Crippen LogP contribution in [0.15, 0.2) is 34.7 Å². The molecule has 0 unspecified atom stereocenters. The Morgan fingerprint density at radius 3 is 2.64 bits per heavy atom. The van der Waals surface area contributed by atoms with Gasteiger partial charge in [0.1, 0.15) is 11.3 Å². The van der Waals surface area contributed by atoms with E-state index in [2.05, 4.69) is 15.1 Å². The number of carbonyl (C=O) groups excluding carboxylic acids is 1. The molecular weight excluding hydrogens is 318 g/mol. The second kappa shape index (κ2) is 7.99. The molecule has 25 heavy (non-hydrogen) atoms. The number of nitrogens with one attached hydrogen (secondary N) is 1. The number of amides is 1. The van der Waals surface area contributed by atoms with Crippen molar-refractivity contribution in [1.82, 2.24) is 15.1 Å². The number of fused-ring (bicyclic) bond motifs is 1. The van der Waals surface area contributed by atoms with Crippen molar-refractivity contribution in [2.45, 2.75) is 25.9 Å². The molecule has 0 spiro atoms. The zero-order valence-corrected chi connectivity index (χ0v) is 14.9. The summed E-state index contributed by atoms with van der Waals surface area (Å²) >= 11 is 0. The number of rotatable bonds is 6. The average molecular weight is 345 g/mol. The Bertz CT molecular complexity index is 674. The molecule has 6 nitrogen and oxygen atoms in total. The summed E-state index contributed by atoms with van der Waals surface area (Å²) in [6.45, 7) is 8.24. The second-order valence-electron chi connectivity index (χ2n) is 6.69. The number of carbonyl (C=O) groups is 1. The van der Waals surface area contributed by atoms with Crippen LogP contribution in [0.5, 0.6) is 0 Å². The normalized spacial score (nSPS) is 19.0. The van der Waals surface area contributed by atoms with Crippen LogP contribution in [0.25, 0.3) is 11.0 Å². The Labute approximate surface area is 148 Å². The minimum atomic E-state index is -0.178. The fraction of sp³-hybridized carbons (Fsp3) is 0.526. The van der Waals surface area contributed by atoms with Crippen LogP contribution in [0.3, 0.4) is 0 Å². The molecule has 0 aliphatic carbocycles. The lowest BCUT2D eigenvalue weighted by Crippen LogP contribution is -2.54. The third-order valence-corrected chi connectivity index (χ3v) is 4.98. The van der Waals surface area contributed by atoms with Gasteiger partial charge in [-0.1, -0.05) is 18.2 Å². The number of aliphatic hydroxyl groups is 1. The molecule has 0 radical (unpaired) electrons. The van der Waals surface area contributed by atoms with Gasteiger partial charge >= 0.3 is 0 Å². The van der Waals surface area contributed by atoms with Crippen LogP contribution < -0.4 is 5.32 Å². The largest absolute Gasteiger partial charge is 0.459 e. The molecule has 1 amide bonds. The number of furan rings is 1. The minimum absolute atomic E-state index is 0.0172. The van der Waals surface area contributed by atoms with Gasteiger partial charge < -0.3 is 14.8 Å². The van der Waals surface area contributed by atoms with Crippen molar-refractivity contribution in [3.63, 3.8) is 0 Å². The summed E-state index contributed by atoms with van der Waals surface area (Å²) in [6.07, 6.45) is 0. The molecule has 136 valence electrons. The first-order valence-corrected chi connectivity index (χ1v) is 8.94. The van der Waals surface area contributed by atoms with Gasteiger partial charge in [0.25, 0.3) is 0 Å². The van der Waals surface area contributed by atoms with Crippen LogP contribution in [0, 0.1) is 0 Å². The molecule has 3 rings (SSSR count). The van der Waals surface area contributed by atoms with E-state index in [4.69, 9.17) is 9.52 Å². The van der Waals surface area contributed by atoms with Gasteiger partial charge in [0.05, 0.1) is 18.7 Å². The van der Waals surface area contributed by atoms with Crippen molar-refractivity contribution >= 4 is 16.9 Å². The van der Waals surface area contributed by atoms with Gasteiger partial charge in [-0.15, -0.1) is 0 Å². The van der Waals surface area contributed by atoms with Crippen LogP contribution in [-0.4, -0.2) is 66.2 Å². The Morgan fingerprint density at radius 1 is 1.24 bits per heavy atom. The fourth-order valence-corrected chi connectivity index (χ4v) is 3.30. The highest BCUT2D eigenvalue weighted by Crippen LogP contribution is 2.23. The summed E-state index contributed by atoms with van der Waals surface area (Å²) in [5.74, 6) is 0.790. The fourth-order valence-electron chi connectivity index (χ4n) is 3.30.